The first-order valence-corrected chi connectivity index (χ1v) is 10.5. The predicted octanol–water partition coefficient (Wildman–Crippen LogP) is 4.05. The molecule has 0 unspecified atom stereocenters. The van der Waals surface area contributed by atoms with Crippen molar-refractivity contribution in [2.75, 3.05) is 5.32 Å². The molecule has 3 aliphatic rings. The Balaban J connectivity index is 1.56. The average Bonchev–Trinajstić information content (AvgIpc) is 2.69. The molecule has 2 N–H and O–H groups in total. The molecule has 0 radical (unpaired) electrons. The van der Waals surface area contributed by atoms with Crippen LogP contribution in [0.1, 0.15) is 48.3 Å². The fourth-order valence-corrected chi connectivity index (χ4v) is 5.43. The number of carbonyl (C=O) groups excluding carboxylic acids is 2. The first kappa shape index (κ1) is 18.2. The van der Waals surface area contributed by atoms with Crippen molar-refractivity contribution >= 4 is 17.5 Å². The molecule has 5 rings (SSSR count). The number of ether oxygens (including phenoxy) is 1. The zero-order chi connectivity index (χ0) is 20.2. The van der Waals surface area contributed by atoms with E-state index in [9.17, 15) is 9.59 Å². The Morgan fingerprint density at radius 2 is 2.00 bits per heavy atom. The third-order valence-electron chi connectivity index (χ3n) is 6.83. The molecule has 1 saturated carbocycles. The predicted molar refractivity (Wildman–Crippen MR) is 111 cm³/mol. The molecule has 1 saturated heterocycles. The van der Waals surface area contributed by atoms with Gasteiger partial charge in [-0.05, 0) is 55.5 Å². The molecule has 2 bridgehead atoms. The highest BCUT2D eigenvalue weighted by molar-refractivity contribution is 6.08. The van der Waals surface area contributed by atoms with Crippen molar-refractivity contribution in [3.63, 3.8) is 0 Å². The minimum absolute atomic E-state index is 0.109. The summed E-state index contributed by atoms with van der Waals surface area (Å²) in [4.78, 5) is 26.6. The summed E-state index contributed by atoms with van der Waals surface area (Å²) in [5, 5.41) is 6.16. The summed E-state index contributed by atoms with van der Waals surface area (Å²) in [6, 6.07) is 13.8. The van der Waals surface area contributed by atoms with E-state index < -0.39 is 11.6 Å². The first-order valence-electron chi connectivity index (χ1n) is 10.5. The maximum Gasteiger partial charge on any atom is 0.237 e. The van der Waals surface area contributed by atoms with Crippen LogP contribution in [0, 0.1) is 25.7 Å². The molecule has 2 aromatic carbocycles. The van der Waals surface area contributed by atoms with E-state index in [1.165, 1.54) is 0 Å². The van der Waals surface area contributed by atoms with Gasteiger partial charge in [0.25, 0.3) is 0 Å². The van der Waals surface area contributed by atoms with Crippen LogP contribution >= 0.6 is 0 Å². The standard InChI is InChI=1S/C24H26N2O3/c1-14-10-11-15(2)18(13-14)25-22(27)21-20-16-7-3-4-9-19(16)29-24(26-23(21)28)12-6-5-8-17(20)24/h3-4,7,9-11,13,17,20-21H,5-6,8,12H2,1-2H3,(H,25,27)(H,26,28)/t17-,20-,21+,24+/m1/s1. The second-order valence-corrected chi connectivity index (χ2v) is 8.68. The number of piperidine rings is 1. The quantitative estimate of drug-likeness (QED) is 0.760. The van der Waals surface area contributed by atoms with Crippen molar-refractivity contribution in [1.82, 2.24) is 5.32 Å². The van der Waals surface area contributed by atoms with E-state index in [1.807, 2.05) is 56.3 Å². The van der Waals surface area contributed by atoms with Crippen molar-refractivity contribution in [3.05, 3.63) is 59.2 Å². The Hall–Kier alpha value is -2.82. The van der Waals surface area contributed by atoms with E-state index in [0.29, 0.717) is 0 Å². The van der Waals surface area contributed by atoms with E-state index >= 15 is 0 Å². The van der Waals surface area contributed by atoms with Crippen LogP contribution in [-0.2, 0) is 9.59 Å². The molecule has 1 aliphatic carbocycles. The van der Waals surface area contributed by atoms with E-state index in [4.69, 9.17) is 4.74 Å². The van der Waals surface area contributed by atoms with Crippen LogP contribution in [0.5, 0.6) is 5.75 Å². The summed E-state index contributed by atoms with van der Waals surface area (Å²) in [7, 11) is 0. The summed E-state index contributed by atoms with van der Waals surface area (Å²) in [5.41, 5.74) is 3.13. The summed E-state index contributed by atoms with van der Waals surface area (Å²) < 4.78 is 6.38. The highest BCUT2D eigenvalue weighted by Gasteiger charge is 2.60. The van der Waals surface area contributed by atoms with Gasteiger partial charge in [0.1, 0.15) is 11.7 Å². The zero-order valence-corrected chi connectivity index (χ0v) is 16.8. The summed E-state index contributed by atoms with van der Waals surface area (Å²) in [6.45, 7) is 3.96. The smallest absolute Gasteiger partial charge is 0.237 e. The highest BCUT2D eigenvalue weighted by atomic mass is 16.5. The molecule has 2 fully saturated rings. The SMILES string of the molecule is Cc1ccc(C)c(NC(=O)[C@H]2C(=O)N[C@]34CCCC[C@@H]3[C@H]2c2ccccc2O4)c1. The molecule has 2 aromatic rings. The minimum atomic E-state index is -0.767. The molecule has 2 aliphatic heterocycles. The van der Waals surface area contributed by atoms with Gasteiger partial charge in [0, 0.05) is 23.9 Å². The van der Waals surface area contributed by atoms with Crippen LogP contribution in [0.25, 0.3) is 0 Å². The summed E-state index contributed by atoms with van der Waals surface area (Å²) in [6.07, 6.45) is 3.85. The van der Waals surface area contributed by atoms with Gasteiger partial charge in [0.15, 0.2) is 5.72 Å². The maximum absolute atomic E-state index is 13.4. The maximum atomic E-state index is 13.4. The van der Waals surface area contributed by atoms with Crippen LogP contribution in [0.2, 0.25) is 0 Å². The molecule has 150 valence electrons. The third kappa shape index (κ3) is 2.83. The Morgan fingerprint density at radius 1 is 1.17 bits per heavy atom. The lowest BCUT2D eigenvalue weighted by Crippen LogP contribution is -2.69. The number of aryl methyl sites for hydroxylation is 2. The fraction of sp³-hybridized carbons (Fsp3) is 0.417. The molecule has 5 nitrogen and oxygen atoms in total. The summed E-state index contributed by atoms with van der Waals surface area (Å²) >= 11 is 0. The molecular weight excluding hydrogens is 364 g/mol. The lowest BCUT2D eigenvalue weighted by atomic mass is 9.62. The molecule has 5 heteroatoms. The zero-order valence-electron chi connectivity index (χ0n) is 16.8. The van der Waals surface area contributed by atoms with Crippen molar-refractivity contribution in [2.45, 2.75) is 51.2 Å². The first-order chi connectivity index (χ1) is 14.0. The van der Waals surface area contributed by atoms with E-state index in [2.05, 4.69) is 10.6 Å². The molecule has 0 spiro atoms. The van der Waals surface area contributed by atoms with Gasteiger partial charge in [0.2, 0.25) is 11.8 Å². The largest absolute Gasteiger partial charge is 0.467 e. The van der Waals surface area contributed by atoms with Crippen molar-refractivity contribution < 1.29 is 14.3 Å². The highest BCUT2D eigenvalue weighted by Crippen LogP contribution is 2.55. The van der Waals surface area contributed by atoms with Crippen molar-refractivity contribution in [3.8, 4) is 5.75 Å². The monoisotopic (exact) mass is 390 g/mol. The number of nitrogens with one attached hydrogen (secondary N) is 2. The number of para-hydroxylation sites is 1. The number of rotatable bonds is 2. The Labute approximate surface area is 170 Å². The topological polar surface area (TPSA) is 67.4 Å². The van der Waals surface area contributed by atoms with Crippen LogP contribution in [-0.4, -0.2) is 17.5 Å². The average molecular weight is 390 g/mol. The Bertz CT molecular complexity index is 1000. The van der Waals surface area contributed by atoms with Crippen LogP contribution in [0.3, 0.4) is 0 Å². The molecule has 0 aromatic heterocycles. The molecular formula is C24H26N2O3. The third-order valence-corrected chi connectivity index (χ3v) is 6.83. The Kier molecular flexibility index (Phi) is 4.16. The molecule has 2 heterocycles. The number of carbonyl (C=O) groups is 2. The second-order valence-electron chi connectivity index (χ2n) is 8.68. The Morgan fingerprint density at radius 3 is 2.86 bits per heavy atom. The van der Waals surface area contributed by atoms with Gasteiger partial charge in [-0.15, -0.1) is 0 Å². The number of hydrogen-bond acceptors (Lipinski definition) is 3. The second kappa shape index (κ2) is 6.61. The minimum Gasteiger partial charge on any atom is -0.467 e. The summed E-state index contributed by atoms with van der Waals surface area (Å²) in [5.74, 6) is -0.503. The van der Waals surface area contributed by atoms with Gasteiger partial charge in [-0.3, -0.25) is 9.59 Å². The fourth-order valence-electron chi connectivity index (χ4n) is 5.43. The number of anilines is 1. The number of amides is 2. The van der Waals surface area contributed by atoms with E-state index in [0.717, 1.165) is 53.8 Å². The van der Waals surface area contributed by atoms with Gasteiger partial charge in [-0.2, -0.15) is 0 Å². The number of benzene rings is 2. The van der Waals surface area contributed by atoms with Gasteiger partial charge in [-0.25, -0.2) is 0 Å². The van der Waals surface area contributed by atoms with Crippen LogP contribution < -0.4 is 15.4 Å². The van der Waals surface area contributed by atoms with Crippen molar-refractivity contribution in [1.29, 1.82) is 0 Å². The van der Waals surface area contributed by atoms with Gasteiger partial charge >= 0.3 is 0 Å². The number of hydrogen-bond donors (Lipinski definition) is 2. The van der Waals surface area contributed by atoms with Crippen molar-refractivity contribution in [2.24, 2.45) is 11.8 Å². The van der Waals surface area contributed by atoms with Gasteiger partial charge < -0.3 is 15.4 Å². The van der Waals surface area contributed by atoms with Crippen LogP contribution in [0.15, 0.2) is 42.5 Å². The van der Waals surface area contributed by atoms with Gasteiger partial charge in [0.05, 0.1) is 0 Å². The normalized spacial score (nSPS) is 29.7. The lowest BCUT2D eigenvalue weighted by Gasteiger charge is -2.56. The van der Waals surface area contributed by atoms with Gasteiger partial charge in [-0.1, -0.05) is 36.8 Å². The molecule has 2 amide bonds. The lowest BCUT2D eigenvalue weighted by molar-refractivity contribution is -0.160. The van der Waals surface area contributed by atoms with E-state index in [1.54, 1.807) is 0 Å². The van der Waals surface area contributed by atoms with Crippen LogP contribution in [0.4, 0.5) is 5.69 Å². The molecule has 29 heavy (non-hydrogen) atoms. The van der Waals surface area contributed by atoms with E-state index in [-0.39, 0.29) is 23.7 Å². The molecule has 4 atom stereocenters. The number of fused-ring (bicyclic) bond motifs is 2.